The zero-order chi connectivity index (χ0) is 19.4. The average Bonchev–Trinajstić information content (AvgIpc) is 2.66. The number of carbonyl (C=O) groups is 1. The van der Waals surface area contributed by atoms with Crippen molar-refractivity contribution in [1.29, 1.82) is 0 Å². The highest BCUT2D eigenvalue weighted by atomic mass is 32.2. The lowest BCUT2D eigenvalue weighted by atomic mass is 10.1. The number of hydrogen-bond acceptors (Lipinski definition) is 3. The van der Waals surface area contributed by atoms with Gasteiger partial charge >= 0.3 is 0 Å². The molecule has 3 aromatic rings. The van der Waals surface area contributed by atoms with Crippen molar-refractivity contribution in [3.05, 3.63) is 89.5 Å². The van der Waals surface area contributed by atoms with Gasteiger partial charge in [-0.15, -0.1) is 0 Å². The minimum absolute atomic E-state index is 0.166. The highest BCUT2D eigenvalue weighted by molar-refractivity contribution is 7.92. The standard InChI is InChI=1S/C21H20N2O3S/c1-15-11-13-17(14-12-15)22-21(24)19-9-6-10-20(16(19)2)23-27(25,26)18-7-4-3-5-8-18/h3-14,23H,1-2H3,(H,22,24). The van der Waals surface area contributed by atoms with Crippen molar-refractivity contribution in [2.45, 2.75) is 18.7 Å². The van der Waals surface area contributed by atoms with Crippen molar-refractivity contribution >= 4 is 27.3 Å². The summed E-state index contributed by atoms with van der Waals surface area (Å²) >= 11 is 0. The summed E-state index contributed by atoms with van der Waals surface area (Å²) in [6.45, 7) is 3.69. The Kier molecular flexibility index (Phi) is 5.28. The van der Waals surface area contributed by atoms with Gasteiger partial charge in [-0.25, -0.2) is 8.42 Å². The molecular weight excluding hydrogens is 360 g/mol. The number of benzene rings is 3. The second kappa shape index (κ2) is 7.63. The van der Waals surface area contributed by atoms with E-state index in [4.69, 9.17) is 0 Å². The zero-order valence-corrected chi connectivity index (χ0v) is 15.9. The first-order valence-corrected chi connectivity index (χ1v) is 9.90. The number of sulfonamides is 1. The van der Waals surface area contributed by atoms with Gasteiger partial charge in [-0.1, -0.05) is 42.0 Å². The van der Waals surface area contributed by atoms with E-state index in [0.717, 1.165) is 5.56 Å². The predicted molar refractivity (Wildman–Crippen MR) is 108 cm³/mol. The van der Waals surface area contributed by atoms with Crippen LogP contribution in [0.2, 0.25) is 0 Å². The molecule has 138 valence electrons. The van der Waals surface area contributed by atoms with Gasteiger partial charge < -0.3 is 5.32 Å². The number of rotatable bonds is 5. The van der Waals surface area contributed by atoms with Crippen LogP contribution >= 0.6 is 0 Å². The molecular formula is C21H20N2O3S. The van der Waals surface area contributed by atoms with Crippen LogP contribution < -0.4 is 10.0 Å². The van der Waals surface area contributed by atoms with E-state index in [2.05, 4.69) is 10.0 Å². The molecule has 0 aliphatic heterocycles. The largest absolute Gasteiger partial charge is 0.322 e. The van der Waals surface area contributed by atoms with Gasteiger partial charge in [0.25, 0.3) is 15.9 Å². The van der Waals surface area contributed by atoms with Crippen LogP contribution in [0.3, 0.4) is 0 Å². The van der Waals surface area contributed by atoms with Gasteiger partial charge in [0.15, 0.2) is 0 Å². The molecule has 0 aliphatic rings. The second-order valence-electron chi connectivity index (χ2n) is 6.22. The van der Waals surface area contributed by atoms with Crippen LogP contribution in [-0.2, 0) is 10.0 Å². The molecule has 5 nitrogen and oxygen atoms in total. The topological polar surface area (TPSA) is 75.3 Å². The molecule has 0 spiro atoms. The van der Waals surface area contributed by atoms with Crippen LogP contribution in [0.4, 0.5) is 11.4 Å². The quantitative estimate of drug-likeness (QED) is 0.691. The maximum atomic E-state index is 12.6. The van der Waals surface area contributed by atoms with Crippen molar-refractivity contribution in [2.24, 2.45) is 0 Å². The molecule has 0 saturated carbocycles. The Morgan fingerprint density at radius 2 is 1.48 bits per heavy atom. The lowest BCUT2D eigenvalue weighted by Crippen LogP contribution is -2.17. The number of nitrogens with one attached hydrogen (secondary N) is 2. The molecule has 0 bridgehead atoms. The molecule has 0 aromatic heterocycles. The van der Waals surface area contributed by atoms with Crippen LogP contribution in [0.15, 0.2) is 77.7 Å². The van der Waals surface area contributed by atoms with Crippen molar-refractivity contribution in [1.82, 2.24) is 0 Å². The molecule has 0 heterocycles. The van der Waals surface area contributed by atoms with E-state index < -0.39 is 10.0 Å². The first-order valence-electron chi connectivity index (χ1n) is 8.42. The van der Waals surface area contributed by atoms with Gasteiger partial charge in [0.05, 0.1) is 10.6 Å². The van der Waals surface area contributed by atoms with Crippen molar-refractivity contribution in [3.63, 3.8) is 0 Å². The summed E-state index contributed by atoms with van der Waals surface area (Å²) in [5.74, 6) is -0.294. The van der Waals surface area contributed by atoms with Crippen LogP contribution in [0.1, 0.15) is 21.5 Å². The van der Waals surface area contributed by atoms with E-state index in [9.17, 15) is 13.2 Å². The second-order valence-corrected chi connectivity index (χ2v) is 7.90. The van der Waals surface area contributed by atoms with E-state index in [1.807, 2.05) is 31.2 Å². The number of aryl methyl sites for hydroxylation is 1. The zero-order valence-electron chi connectivity index (χ0n) is 15.1. The molecule has 0 unspecified atom stereocenters. The Bertz CT molecular complexity index is 1060. The van der Waals surface area contributed by atoms with Crippen LogP contribution in [0.5, 0.6) is 0 Å². The minimum atomic E-state index is -3.72. The molecule has 0 saturated heterocycles. The van der Waals surface area contributed by atoms with Crippen molar-refractivity contribution < 1.29 is 13.2 Å². The highest BCUT2D eigenvalue weighted by Crippen LogP contribution is 2.23. The third kappa shape index (κ3) is 4.35. The summed E-state index contributed by atoms with van der Waals surface area (Å²) < 4.78 is 27.7. The predicted octanol–water partition coefficient (Wildman–Crippen LogP) is 4.36. The Balaban J connectivity index is 1.85. The Morgan fingerprint density at radius 3 is 2.15 bits per heavy atom. The smallest absolute Gasteiger partial charge is 0.261 e. The van der Waals surface area contributed by atoms with E-state index in [1.165, 1.54) is 12.1 Å². The summed E-state index contributed by atoms with van der Waals surface area (Å²) in [5.41, 5.74) is 3.11. The van der Waals surface area contributed by atoms with Gasteiger partial charge in [0.2, 0.25) is 0 Å². The normalized spacial score (nSPS) is 11.0. The van der Waals surface area contributed by atoms with Crippen LogP contribution in [-0.4, -0.2) is 14.3 Å². The maximum Gasteiger partial charge on any atom is 0.261 e. The fraction of sp³-hybridized carbons (Fsp3) is 0.0952. The third-order valence-corrected chi connectivity index (χ3v) is 5.57. The molecule has 2 N–H and O–H groups in total. The van der Waals surface area contributed by atoms with E-state index >= 15 is 0 Å². The Hall–Kier alpha value is -3.12. The Morgan fingerprint density at radius 1 is 0.815 bits per heavy atom. The van der Waals surface area contributed by atoms with E-state index in [1.54, 1.807) is 43.3 Å². The highest BCUT2D eigenvalue weighted by Gasteiger charge is 2.17. The van der Waals surface area contributed by atoms with Gasteiger partial charge in [0, 0.05) is 11.3 Å². The van der Waals surface area contributed by atoms with Crippen LogP contribution in [0, 0.1) is 13.8 Å². The number of carbonyl (C=O) groups excluding carboxylic acids is 1. The molecule has 1 amide bonds. The fourth-order valence-corrected chi connectivity index (χ4v) is 3.77. The lowest BCUT2D eigenvalue weighted by Gasteiger charge is -2.14. The molecule has 0 atom stereocenters. The minimum Gasteiger partial charge on any atom is -0.322 e. The third-order valence-electron chi connectivity index (χ3n) is 4.19. The fourth-order valence-electron chi connectivity index (χ4n) is 2.63. The molecule has 0 fully saturated rings. The average molecular weight is 380 g/mol. The summed E-state index contributed by atoms with van der Waals surface area (Å²) in [5, 5.41) is 2.83. The van der Waals surface area contributed by atoms with Crippen molar-refractivity contribution in [2.75, 3.05) is 10.0 Å². The lowest BCUT2D eigenvalue weighted by molar-refractivity contribution is 0.102. The van der Waals surface area contributed by atoms with E-state index in [0.29, 0.717) is 22.5 Å². The number of amides is 1. The molecule has 0 aliphatic carbocycles. The van der Waals surface area contributed by atoms with Gasteiger partial charge in [0.1, 0.15) is 0 Å². The molecule has 3 aromatic carbocycles. The molecule has 6 heteroatoms. The summed E-state index contributed by atoms with van der Waals surface area (Å²) in [6, 6.07) is 20.5. The van der Waals surface area contributed by atoms with E-state index in [-0.39, 0.29) is 10.8 Å². The first kappa shape index (κ1) is 18.7. The van der Waals surface area contributed by atoms with Gasteiger partial charge in [-0.3, -0.25) is 9.52 Å². The molecule has 3 rings (SSSR count). The van der Waals surface area contributed by atoms with Gasteiger partial charge in [-0.05, 0) is 55.8 Å². The Labute approximate surface area is 159 Å². The van der Waals surface area contributed by atoms with Crippen LogP contribution in [0.25, 0.3) is 0 Å². The maximum absolute atomic E-state index is 12.6. The molecule has 0 radical (unpaired) electrons. The monoisotopic (exact) mass is 380 g/mol. The van der Waals surface area contributed by atoms with Crippen molar-refractivity contribution in [3.8, 4) is 0 Å². The SMILES string of the molecule is Cc1ccc(NC(=O)c2cccc(NS(=O)(=O)c3ccccc3)c2C)cc1. The molecule has 27 heavy (non-hydrogen) atoms. The number of anilines is 2. The number of hydrogen-bond donors (Lipinski definition) is 2. The summed E-state index contributed by atoms with van der Waals surface area (Å²) in [6.07, 6.45) is 0. The van der Waals surface area contributed by atoms with Gasteiger partial charge in [-0.2, -0.15) is 0 Å². The first-order chi connectivity index (χ1) is 12.9. The summed E-state index contributed by atoms with van der Waals surface area (Å²) in [4.78, 5) is 12.8. The summed E-state index contributed by atoms with van der Waals surface area (Å²) in [7, 11) is -3.72.